The molecule has 0 bridgehead atoms. The number of amides is 1. The first-order chi connectivity index (χ1) is 19.1. The van der Waals surface area contributed by atoms with Crippen molar-refractivity contribution in [2.75, 3.05) is 6.54 Å². The van der Waals surface area contributed by atoms with Crippen molar-refractivity contribution in [2.24, 2.45) is 0 Å². The first-order valence-electron chi connectivity index (χ1n) is 14.4. The molecule has 0 aliphatic heterocycles. The lowest BCUT2D eigenvalue weighted by Crippen LogP contribution is -2.24. The van der Waals surface area contributed by atoms with E-state index in [1.807, 2.05) is 31.2 Å². The van der Waals surface area contributed by atoms with Crippen molar-refractivity contribution in [1.82, 2.24) is 10.3 Å². The zero-order valence-corrected chi connectivity index (χ0v) is 24.1. The van der Waals surface area contributed by atoms with E-state index in [0.29, 0.717) is 32.2 Å². The summed E-state index contributed by atoms with van der Waals surface area (Å²) in [6.45, 7) is 4.64. The number of carbonyl (C=O) groups is 2. The van der Waals surface area contributed by atoms with Crippen molar-refractivity contribution >= 4 is 17.8 Å². The Morgan fingerprint density at radius 1 is 0.744 bits per heavy atom. The molecule has 0 atom stereocenters. The molecule has 1 N–H and O–H groups in total. The lowest BCUT2D eigenvalue weighted by molar-refractivity contribution is -0.121. The number of hydrogen-bond donors (Lipinski definition) is 1. The van der Waals surface area contributed by atoms with E-state index in [1.54, 1.807) is 6.20 Å². The van der Waals surface area contributed by atoms with Gasteiger partial charge in [0.2, 0.25) is 5.91 Å². The maximum absolute atomic E-state index is 12.0. The first kappa shape index (κ1) is 33.5. The van der Waals surface area contributed by atoms with Gasteiger partial charge in [-0.15, -0.1) is 0 Å². The summed E-state index contributed by atoms with van der Waals surface area (Å²) in [6, 6.07) is 3.94. The summed E-state index contributed by atoms with van der Waals surface area (Å²) in [5, 5.41) is 2.90. The number of rotatable bonds is 21. The number of ketones is 1. The van der Waals surface area contributed by atoms with Crippen LogP contribution in [0.5, 0.6) is 0 Å². The zero-order chi connectivity index (χ0) is 28.2. The van der Waals surface area contributed by atoms with Crippen LogP contribution in [0.15, 0.2) is 97.3 Å². The molecule has 4 heteroatoms. The predicted octanol–water partition coefficient (Wildman–Crippen LogP) is 8.74. The number of pyridine rings is 1. The van der Waals surface area contributed by atoms with Crippen LogP contribution in [0.2, 0.25) is 0 Å². The molecular weight excluding hydrogens is 480 g/mol. The Kier molecular flexibility index (Phi) is 21.3. The molecule has 4 nitrogen and oxygen atoms in total. The van der Waals surface area contributed by atoms with Crippen molar-refractivity contribution < 1.29 is 9.59 Å². The summed E-state index contributed by atoms with van der Waals surface area (Å²) in [4.78, 5) is 28.2. The Morgan fingerprint density at radius 3 is 1.85 bits per heavy atom. The van der Waals surface area contributed by atoms with Gasteiger partial charge < -0.3 is 5.32 Å². The fourth-order valence-electron chi connectivity index (χ4n) is 3.46. The third-order valence-electron chi connectivity index (χ3n) is 5.68. The molecular formula is C35H48N2O2. The maximum atomic E-state index is 12.0. The van der Waals surface area contributed by atoms with Gasteiger partial charge in [-0.25, -0.2) is 0 Å². The Bertz CT molecular complexity index is 992. The summed E-state index contributed by atoms with van der Waals surface area (Å²) in [6.07, 6.45) is 40.3. The van der Waals surface area contributed by atoms with Gasteiger partial charge in [0.15, 0.2) is 0 Å². The molecule has 1 heterocycles. The van der Waals surface area contributed by atoms with Crippen LogP contribution in [0.4, 0.5) is 0 Å². The van der Waals surface area contributed by atoms with E-state index >= 15 is 0 Å². The number of aromatic nitrogens is 1. The van der Waals surface area contributed by atoms with Crippen LogP contribution in [0.25, 0.3) is 6.08 Å². The Labute approximate surface area is 237 Å². The quantitative estimate of drug-likeness (QED) is 0.128. The Morgan fingerprint density at radius 2 is 1.31 bits per heavy atom. The lowest BCUT2D eigenvalue weighted by Gasteiger charge is -2.03. The SMILES string of the molecule is CC/C=C\C/C=C\C/C=C\C/C=C\C/C=C\C/C=C\CCC(=O)NCCCC(=O)C/C=C/c1ccc(C)nc1. The molecule has 0 aromatic carbocycles. The van der Waals surface area contributed by atoms with Gasteiger partial charge in [-0.05, 0) is 69.9 Å². The zero-order valence-electron chi connectivity index (χ0n) is 24.1. The number of allylic oxidation sites excluding steroid dienone is 13. The van der Waals surface area contributed by atoms with Crippen molar-refractivity contribution in [2.45, 2.75) is 84.5 Å². The predicted molar refractivity (Wildman–Crippen MR) is 167 cm³/mol. The van der Waals surface area contributed by atoms with E-state index in [9.17, 15) is 9.59 Å². The highest BCUT2D eigenvalue weighted by Crippen LogP contribution is 2.04. The molecule has 0 spiro atoms. The van der Waals surface area contributed by atoms with Crippen LogP contribution in [-0.4, -0.2) is 23.2 Å². The highest BCUT2D eigenvalue weighted by Gasteiger charge is 2.02. The second-order valence-corrected chi connectivity index (χ2v) is 9.29. The van der Waals surface area contributed by atoms with E-state index in [1.165, 1.54) is 0 Å². The number of nitrogens with zero attached hydrogens (tertiary/aromatic N) is 1. The molecule has 1 amide bonds. The molecule has 0 saturated carbocycles. The van der Waals surface area contributed by atoms with Crippen LogP contribution in [-0.2, 0) is 9.59 Å². The average Bonchev–Trinajstić information content (AvgIpc) is 2.93. The second kappa shape index (κ2) is 24.8. The first-order valence-corrected chi connectivity index (χ1v) is 14.4. The molecule has 39 heavy (non-hydrogen) atoms. The molecule has 0 unspecified atom stereocenters. The molecule has 0 radical (unpaired) electrons. The number of nitrogens with one attached hydrogen (secondary N) is 1. The summed E-state index contributed by atoms with van der Waals surface area (Å²) in [5.74, 6) is 0.215. The van der Waals surface area contributed by atoms with Gasteiger partial charge in [0, 0.05) is 37.7 Å². The topological polar surface area (TPSA) is 59.1 Å². The minimum atomic E-state index is 0.0359. The van der Waals surface area contributed by atoms with Gasteiger partial charge in [0.05, 0.1) is 0 Å². The highest BCUT2D eigenvalue weighted by atomic mass is 16.1. The van der Waals surface area contributed by atoms with E-state index in [-0.39, 0.29) is 11.7 Å². The van der Waals surface area contributed by atoms with Gasteiger partial charge in [-0.1, -0.05) is 98.1 Å². The van der Waals surface area contributed by atoms with Gasteiger partial charge in [0.1, 0.15) is 5.78 Å². The Hall–Kier alpha value is -3.53. The largest absolute Gasteiger partial charge is 0.356 e. The summed E-state index contributed by atoms with van der Waals surface area (Å²) in [7, 11) is 0. The molecule has 1 aromatic heterocycles. The number of carbonyl (C=O) groups excluding carboxylic acids is 2. The van der Waals surface area contributed by atoms with Crippen molar-refractivity contribution in [1.29, 1.82) is 0 Å². The van der Waals surface area contributed by atoms with E-state index in [4.69, 9.17) is 0 Å². The number of Topliss-reactive ketones (excluding diaryl/α,β-unsaturated/α-hetero) is 1. The van der Waals surface area contributed by atoms with Crippen molar-refractivity contribution in [3.63, 3.8) is 0 Å². The molecule has 0 aliphatic rings. The van der Waals surface area contributed by atoms with Crippen LogP contribution < -0.4 is 5.32 Å². The van der Waals surface area contributed by atoms with Crippen molar-refractivity contribution in [3.05, 3.63) is 109 Å². The molecule has 1 rings (SSSR count). The monoisotopic (exact) mass is 528 g/mol. The normalized spacial score (nSPS) is 12.6. The Balaban J connectivity index is 1.97. The van der Waals surface area contributed by atoms with E-state index in [0.717, 1.165) is 56.2 Å². The lowest BCUT2D eigenvalue weighted by atomic mass is 10.1. The van der Waals surface area contributed by atoms with Gasteiger partial charge in [0.25, 0.3) is 0 Å². The second-order valence-electron chi connectivity index (χ2n) is 9.29. The van der Waals surface area contributed by atoms with Crippen LogP contribution in [0.1, 0.15) is 88.8 Å². The minimum absolute atomic E-state index is 0.0359. The third-order valence-corrected chi connectivity index (χ3v) is 5.68. The number of aryl methyl sites for hydroxylation is 1. The summed E-state index contributed by atoms with van der Waals surface area (Å²) in [5.41, 5.74) is 1.97. The minimum Gasteiger partial charge on any atom is -0.356 e. The molecule has 0 aliphatic carbocycles. The van der Waals surface area contributed by atoms with E-state index < -0.39 is 0 Å². The van der Waals surface area contributed by atoms with Crippen LogP contribution in [0, 0.1) is 6.92 Å². The van der Waals surface area contributed by atoms with Gasteiger partial charge in [-0.3, -0.25) is 14.6 Å². The standard InChI is InChI=1S/C35H48N2O2/c1-3-4-5-6-7-8-9-10-11-12-13-14-15-16-17-18-19-20-21-27-35(39)36-30-23-26-34(38)25-22-24-33-29-28-32(2)37-31-33/h4-5,7-8,10-11,13-14,16-17,19-20,22,24,28-29,31H,3,6,9,12,15,18,21,23,25-27,30H2,1-2H3,(H,36,39)/b5-4-,8-7-,11-10-,14-13-,17-16-,20-19-,24-22+. The fraction of sp³-hybridized carbons (Fsp3) is 0.400. The molecule has 1 aromatic rings. The van der Waals surface area contributed by atoms with E-state index in [2.05, 4.69) is 90.1 Å². The molecule has 0 saturated heterocycles. The molecule has 210 valence electrons. The average molecular weight is 529 g/mol. The summed E-state index contributed by atoms with van der Waals surface area (Å²) < 4.78 is 0. The van der Waals surface area contributed by atoms with Gasteiger partial charge >= 0.3 is 0 Å². The summed E-state index contributed by atoms with van der Waals surface area (Å²) >= 11 is 0. The smallest absolute Gasteiger partial charge is 0.220 e. The van der Waals surface area contributed by atoms with Gasteiger partial charge in [-0.2, -0.15) is 0 Å². The highest BCUT2D eigenvalue weighted by molar-refractivity contribution is 5.81. The maximum Gasteiger partial charge on any atom is 0.220 e. The van der Waals surface area contributed by atoms with Crippen molar-refractivity contribution in [3.8, 4) is 0 Å². The third kappa shape index (κ3) is 22.2. The molecule has 0 fully saturated rings. The van der Waals surface area contributed by atoms with Crippen LogP contribution >= 0.6 is 0 Å². The van der Waals surface area contributed by atoms with Crippen LogP contribution in [0.3, 0.4) is 0 Å². The fourth-order valence-corrected chi connectivity index (χ4v) is 3.46. The number of hydrogen-bond acceptors (Lipinski definition) is 3.